The number of aromatic hydroxyl groups is 1. The Hall–Kier alpha value is -3.21. The van der Waals surface area contributed by atoms with E-state index in [4.69, 9.17) is 14.5 Å². The maximum Gasteiger partial charge on any atom is 0.231 e. The van der Waals surface area contributed by atoms with E-state index in [1.807, 2.05) is 48.5 Å². The molecule has 0 amide bonds. The molecule has 1 aliphatic rings. The van der Waals surface area contributed by atoms with E-state index in [-0.39, 0.29) is 12.5 Å². The molecule has 5 heteroatoms. The van der Waals surface area contributed by atoms with Gasteiger partial charge in [-0.2, -0.15) is 0 Å². The standard InChI is InChI=1S/C24H26N2O3/c1-2-3-4-7-13-25-23-15-17(18-10-8-12-22-24(18)29-16-28-22)14-20(26-23)19-9-5-6-11-21(19)27/h5-6,8-12,14-15,27H,2-4,7,13,16H2,1H3,(H,25,26). The Morgan fingerprint density at radius 3 is 2.69 bits per heavy atom. The van der Waals surface area contributed by atoms with E-state index in [1.54, 1.807) is 6.07 Å². The molecule has 0 fully saturated rings. The lowest BCUT2D eigenvalue weighted by atomic mass is 10.0. The minimum absolute atomic E-state index is 0.212. The van der Waals surface area contributed by atoms with Crippen LogP contribution in [0.15, 0.2) is 54.6 Å². The fourth-order valence-corrected chi connectivity index (χ4v) is 3.53. The quantitative estimate of drug-likeness (QED) is 0.473. The van der Waals surface area contributed by atoms with Crippen molar-refractivity contribution in [2.24, 2.45) is 0 Å². The first-order valence-corrected chi connectivity index (χ1v) is 10.2. The van der Waals surface area contributed by atoms with E-state index in [0.717, 1.165) is 41.4 Å². The molecule has 1 aliphatic heterocycles. The second kappa shape index (κ2) is 8.86. The van der Waals surface area contributed by atoms with E-state index in [1.165, 1.54) is 19.3 Å². The van der Waals surface area contributed by atoms with Gasteiger partial charge in [0.25, 0.3) is 0 Å². The van der Waals surface area contributed by atoms with Crippen molar-refractivity contribution in [3.8, 4) is 39.6 Å². The molecule has 0 spiro atoms. The number of aromatic nitrogens is 1. The number of unbranched alkanes of at least 4 members (excludes halogenated alkanes) is 3. The summed E-state index contributed by atoms with van der Waals surface area (Å²) in [6, 6.07) is 17.2. The molecule has 1 aromatic heterocycles. The minimum atomic E-state index is 0.212. The van der Waals surface area contributed by atoms with Gasteiger partial charge in [-0.05, 0) is 42.3 Å². The van der Waals surface area contributed by atoms with Gasteiger partial charge >= 0.3 is 0 Å². The van der Waals surface area contributed by atoms with Gasteiger partial charge in [-0.3, -0.25) is 0 Å². The third-order valence-corrected chi connectivity index (χ3v) is 5.05. The molecule has 0 atom stereocenters. The molecule has 29 heavy (non-hydrogen) atoms. The number of hydrogen-bond donors (Lipinski definition) is 2. The number of nitrogens with zero attached hydrogens (tertiary/aromatic N) is 1. The molecule has 0 saturated heterocycles. The van der Waals surface area contributed by atoms with Crippen LogP contribution in [0.2, 0.25) is 0 Å². The number of anilines is 1. The van der Waals surface area contributed by atoms with Gasteiger partial charge < -0.3 is 19.9 Å². The van der Waals surface area contributed by atoms with Gasteiger partial charge in [0.2, 0.25) is 6.79 Å². The lowest BCUT2D eigenvalue weighted by Crippen LogP contribution is -2.04. The van der Waals surface area contributed by atoms with Gasteiger partial charge in [0, 0.05) is 17.7 Å². The zero-order valence-electron chi connectivity index (χ0n) is 16.6. The topological polar surface area (TPSA) is 63.6 Å². The van der Waals surface area contributed by atoms with Crippen LogP contribution in [0, 0.1) is 0 Å². The van der Waals surface area contributed by atoms with E-state index in [0.29, 0.717) is 11.3 Å². The largest absolute Gasteiger partial charge is 0.507 e. The van der Waals surface area contributed by atoms with Crippen molar-refractivity contribution in [3.05, 3.63) is 54.6 Å². The average Bonchev–Trinajstić information content (AvgIpc) is 3.23. The summed E-state index contributed by atoms with van der Waals surface area (Å²) in [5, 5.41) is 13.8. The zero-order valence-corrected chi connectivity index (χ0v) is 16.6. The number of nitrogens with one attached hydrogen (secondary N) is 1. The first-order valence-electron chi connectivity index (χ1n) is 10.2. The first-order chi connectivity index (χ1) is 14.3. The predicted molar refractivity (Wildman–Crippen MR) is 116 cm³/mol. The van der Waals surface area contributed by atoms with Crippen molar-refractivity contribution in [1.82, 2.24) is 4.98 Å². The van der Waals surface area contributed by atoms with Crippen molar-refractivity contribution in [1.29, 1.82) is 0 Å². The summed E-state index contributed by atoms with van der Waals surface area (Å²) in [6.45, 7) is 3.30. The Morgan fingerprint density at radius 1 is 0.966 bits per heavy atom. The molecule has 2 N–H and O–H groups in total. The van der Waals surface area contributed by atoms with Crippen LogP contribution in [0.4, 0.5) is 5.82 Å². The summed E-state index contributed by atoms with van der Waals surface area (Å²) in [5.41, 5.74) is 3.34. The van der Waals surface area contributed by atoms with Gasteiger partial charge in [-0.15, -0.1) is 0 Å². The monoisotopic (exact) mass is 390 g/mol. The molecule has 0 aliphatic carbocycles. The van der Waals surface area contributed by atoms with Gasteiger partial charge in [0.15, 0.2) is 11.5 Å². The highest BCUT2D eigenvalue weighted by Gasteiger charge is 2.20. The molecule has 0 radical (unpaired) electrons. The summed E-state index contributed by atoms with van der Waals surface area (Å²) in [6.07, 6.45) is 4.76. The SMILES string of the molecule is CCCCCCNc1cc(-c2cccc3c2OCO3)cc(-c2ccccc2O)n1. The molecular weight excluding hydrogens is 364 g/mol. The second-order valence-corrected chi connectivity index (χ2v) is 7.17. The number of ether oxygens (including phenoxy) is 2. The molecular formula is C24H26N2O3. The Kier molecular flexibility index (Phi) is 5.84. The Bertz CT molecular complexity index is 988. The van der Waals surface area contributed by atoms with E-state index >= 15 is 0 Å². The van der Waals surface area contributed by atoms with Gasteiger partial charge in [0.05, 0.1) is 5.69 Å². The highest BCUT2D eigenvalue weighted by atomic mass is 16.7. The lowest BCUT2D eigenvalue weighted by Gasteiger charge is -2.13. The van der Waals surface area contributed by atoms with Crippen LogP contribution >= 0.6 is 0 Å². The summed E-state index contributed by atoms with van der Waals surface area (Å²) in [5.74, 6) is 2.49. The Labute approximate surface area is 171 Å². The van der Waals surface area contributed by atoms with Gasteiger partial charge in [-0.1, -0.05) is 50.5 Å². The maximum absolute atomic E-state index is 10.3. The van der Waals surface area contributed by atoms with Crippen LogP contribution < -0.4 is 14.8 Å². The number of hydrogen-bond acceptors (Lipinski definition) is 5. The number of fused-ring (bicyclic) bond motifs is 1. The highest BCUT2D eigenvalue weighted by molar-refractivity contribution is 5.80. The average molecular weight is 390 g/mol. The van der Waals surface area contributed by atoms with Crippen molar-refractivity contribution < 1.29 is 14.6 Å². The molecule has 5 nitrogen and oxygen atoms in total. The van der Waals surface area contributed by atoms with Crippen molar-refractivity contribution in [3.63, 3.8) is 0 Å². The molecule has 0 saturated carbocycles. The van der Waals surface area contributed by atoms with Crippen molar-refractivity contribution in [2.75, 3.05) is 18.7 Å². The summed E-state index contributed by atoms with van der Waals surface area (Å²) >= 11 is 0. The smallest absolute Gasteiger partial charge is 0.231 e. The Balaban J connectivity index is 1.71. The fourth-order valence-electron chi connectivity index (χ4n) is 3.53. The van der Waals surface area contributed by atoms with Crippen LogP contribution in [-0.2, 0) is 0 Å². The molecule has 0 bridgehead atoms. The van der Waals surface area contributed by atoms with Crippen LogP contribution in [0.1, 0.15) is 32.6 Å². The molecule has 150 valence electrons. The zero-order chi connectivity index (χ0) is 20.1. The molecule has 3 aromatic rings. The molecule has 0 unspecified atom stereocenters. The van der Waals surface area contributed by atoms with Crippen molar-refractivity contribution >= 4 is 5.82 Å². The van der Waals surface area contributed by atoms with Crippen LogP contribution in [0.25, 0.3) is 22.4 Å². The highest BCUT2D eigenvalue weighted by Crippen LogP contribution is 2.42. The molecule has 2 aromatic carbocycles. The summed E-state index contributed by atoms with van der Waals surface area (Å²) in [7, 11) is 0. The van der Waals surface area contributed by atoms with Crippen LogP contribution in [0.5, 0.6) is 17.2 Å². The molecule has 4 rings (SSSR count). The van der Waals surface area contributed by atoms with E-state index in [9.17, 15) is 5.11 Å². The number of rotatable bonds is 8. The first kappa shape index (κ1) is 19.1. The van der Waals surface area contributed by atoms with Gasteiger partial charge in [-0.25, -0.2) is 4.98 Å². The normalized spacial score (nSPS) is 12.2. The van der Waals surface area contributed by atoms with Crippen LogP contribution in [-0.4, -0.2) is 23.4 Å². The maximum atomic E-state index is 10.3. The second-order valence-electron chi connectivity index (χ2n) is 7.17. The summed E-state index contributed by atoms with van der Waals surface area (Å²) in [4.78, 5) is 4.76. The lowest BCUT2D eigenvalue weighted by molar-refractivity contribution is 0.174. The molecule has 2 heterocycles. The third-order valence-electron chi connectivity index (χ3n) is 5.05. The minimum Gasteiger partial charge on any atom is -0.507 e. The third kappa shape index (κ3) is 4.29. The van der Waals surface area contributed by atoms with Gasteiger partial charge in [0.1, 0.15) is 11.6 Å². The number of phenolic OH excluding ortho intramolecular Hbond substituents is 1. The fraction of sp³-hybridized carbons (Fsp3) is 0.292. The number of phenols is 1. The number of benzene rings is 2. The van der Waals surface area contributed by atoms with Crippen LogP contribution in [0.3, 0.4) is 0 Å². The van der Waals surface area contributed by atoms with E-state index in [2.05, 4.69) is 12.2 Å². The number of para-hydroxylation sites is 2. The predicted octanol–water partition coefficient (Wildman–Crippen LogP) is 5.84. The van der Waals surface area contributed by atoms with Crippen molar-refractivity contribution in [2.45, 2.75) is 32.6 Å². The van der Waals surface area contributed by atoms with E-state index < -0.39 is 0 Å². The number of pyridine rings is 1. The Morgan fingerprint density at radius 2 is 1.83 bits per heavy atom. The summed E-state index contributed by atoms with van der Waals surface area (Å²) < 4.78 is 11.2.